The standard InChI is InChI=1S/C20H23ClFN7O4S/c1-24-7-12(6-23)26-20-25-8-14(21)19(28-20)27-15-9-32-18-16(10-33-17(15)18)29-34(30,31)13-4-2-11(22)3-5-13/h2-8,15-18,23-24,29H,9-10H2,1H3,(H2,25,26,27,28)/b12-7+,23-6?. The topological polar surface area (TPSA) is 150 Å². The van der Waals surface area contributed by atoms with Crippen LogP contribution in [0.5, 0.6) is 0 Å². The molecule has 0 spiro atoms. The molecule has 4 unspecified atom stereocenters. The second-order valence-electron chi connectivity index (χ2n) is 7.58. The van der Waals surface area contributed by atoms with Gasteiger partial charge in [-0.1, -0.05) is 11.6 Å². The molecular formula is C20H23ClFN7O4S. The quantitative estimate of drug-likeness (QED) is 0.314. The van der Waals surface area contributed by atoms with Crippen molar-refractivity contribution >= 4 is 39.6 Å². The molecule has 11 nitrogen and oxygen atoms in total. The number of ether oxygens (including phenoxy) is 2. The molecule has 182 valence electrons. The van der Waals surface area contributed by atoms with Crippen LogP contribution < -0.4 is 20.7 Å². The first-order valence-electron chi connectivity index (χ1n) is 10.3. The first-order valence-corrected chi connectivity index (χ1v) is 12.1. The van der Waals surface area contributed by atoms with Gasteiger partial charge in [-0.3, -0.25) is 0 Å². The molecule has 2 aliphatic rings. The molecule has 2 saturated heterocycles. The molecular weight excluding hydrogens is 489 g/mol. The number of nitrogens with zero attached hydrogens (tertiary/aromatic N) is 2. The summed E-state index contributed by atoms with van der Waals surface area (Å²) >= 11 is 6.26. The van der Waals surface area contributed by atoms with Gasteiger partial charge < -0.3 is 30.8 Å². The van der Waals surface area contributed by atoms with Crippen LogP contribution in [0.1, 0.15) is 0 Å². The number of benzene rings is 1. The van der Waals surface area contributed by atoms with Gasteiger partial charge in [-0.15, -0.1) is 0 Å². The van der Waals surface area contributed by atoms with E-state index in [2.05, 4.69) is 30.6 Å². The number of sulfonamides is 1. The smallest absolute Gasteiger partial charge is 0.240 e. The Morgan fingerprint density at radius 3 is 2.56 bits per heavy atom. The summed E-state index contributed by atoms with van der Waals surface area (Å²) in [7, 11) is -2.18. The van der Waals surface area contributed by atoms with E-state index in [0.717, 1.165) is 18.3 Å². The van der Waals surface area contributed by atoms with Crippen LogP contribution in [-0.4, -0.2) is 69.2 Å². The van der Waals surface area contributed by atoms with Crippen LogP contribution in [0.15, 0.2) is 47.3 Å². The molecule has 14 heteroatoms. The van der Waals surface area contributed by atoms with E-state index in [4.69, 9.17) is 26.5 Å². The Labute approximate surface area is 200 Å². The molecule has 1 aromatic heterocycles. The van der Waals surface area contributed by atoms with E-state index >= 15 is 0 Å². The first-order chi connectivity index (χ1) is 16.3. The summed E-state index contributed by atoms with van der Waals surface area (Å²) in [6.07, 6.45) is 3.12. The Morgan fingerprint density at radius 1 is 1.21 bits per heavy atom. The highest BCUT2D eigenvalue weighted by Crippen LogP contribution is 2.31. The van der Waals surface area contributed by atoms with E-state index in [1.54, 1.807) is 13.2 Å². The number of hydrogen-bond donors (Lipinski definition) is 5. The molecule has 0 radical (unpaired) electrons. The molecule has 2 fully saturated rings. The van der Waals surface area contributed by atoms with Crippen molar-refractivity contribution in [1.29, 1.82) is 5.41 Å². The van der Waals surface area contributed by atoms with Crippen molar-refractivity contribution in [2.75, 3.05) is 30.9 Å². The van der Waals surface area contributed by atoms with Crippen LogP contribution in [0.3, 0.4) is 0 Å². The van der Waals surface area contributed by atoms with Gasteiger partial charge in [0.15, 0.2) is 5.82 Å². The monoisotopic (exact) mass is 511 g/mol. The van der Waals surface area contributed by atoms with Crippen molar-refractivity contribution in [1.82, 2.24) is 20.0 Å². The van der Waals surface area contributed by atoms with Gasteiger partial charge in [-0.25, -0.2) is 22.5 Å². The van der Waals surface area contributed by atoms with Gasteiger partial charge in [0.05, 0.1) is 42.1 Å². The lowest BCUT2D eigenvalue weighted by atomic mass is 10.1. The van der Waals surface area contributed by atoms with Crippen molar-refractivity contribution in [2.45, 2.75) is 29.2 Å². The van der Waals surface area contributed by atoms with Crippen LogP contribution in [0.25, 0.3) is 0 Å². The largest absolute Gasteiger partial charge is 0.392 e. The average Bonchev–Trinajstić information content (AvgIpc) is 3.39. The van der Waals surface area contributed by atoms with Crippen molar-refractivity contribution < 1.29 is 22.3 Å². The Bertz CT molecular complexity index is 1180. The molecule has 0 amide bonds. The van der Waals surface area contributed by atoms with Crippen molar-refractivity contribution in [3.8, 4) is 0 Å². The van der Waals surface area contributed by atoms with Gasteiger partial charge in [-0.2, -0.15) is 4.98 Å². The minimum absolute atomic E-state index is 0.0468. The Balaban J connectivity index is 1.43. The molecule has 4 rings (SSSR count). The number of hydrogen-bond acceptors (Lipinski definition) is 10. The van der Waals surface area contributed by atoms with Gasteiger partial charge in [-0.05, 0) is 24.3 Å². The highest BCUT2D eigenvalue weighted by molar-refractivity contribution is 7.89. The van der Waals surface area contributed by atoms with E-state index in [-0.39, 0.29) is 35.1 Å². The Hall–Kier alpha value is -2.84. The highest BCUT2D eigenvalue weighted by Gasteiger charge is 2.49. The second-order valence-corrected chi connectivity index (χ2v) is 9.70. The first kappa shape index (κ1) is 24.3. The number of rotatable bonds is 9. The third-order valence-corrected chi connectivity index (χ3v) is 7.04. The van der Waals surface area contributed by atoms with Gasteiger partial charge in [0.1, 0.15) is 23.0 Å². The van der Waals surface area contributed by atoms with Crippen LogP contribution in [-0.2, 0) is 19.5 Å². The molecule has 0 saturated carbocycles. The lowest BCUT2D eigenvalue weighted by molar-refractivity contribution is 0.0690. The summed E-state index contributed by atoms with van der Waals surface area (Å²) in [5, 5.41) is 16.6. The van der Waals surface area contributed by atoms with Crippen LogP contribution in [0, 0.1) is 11.2 Å². The minimum atomic E-state index is -3.88. The van der Waals surface area contributed by atoms with Crippen LogP contribution >= 0.6 is 11.6 Å². The van der Waals surface area contributed by atoms with Crippen molar-refractivity contribution in [2.24, 2.45) is 0 Å². The molecule has 2 aromatic rings. The lowest BCUT2D eigenvalue weighted by Gasteiger charge is -2.19. The zero-order chi connectivity index (χ0) is 24.3. The lowest BCUT2D eigenvalue weighted by Crippen LogP contribution is -2.44. The molecule has 34 heavy (non-hydrogen) atoms. The summed E-state index contributed by atoms with van der Waals surface area (Å²) in [6, 6.07) is 3.60. The summed E-state index contributed by atoms with van der Waals surface area (Å²) < 4.78 is 52.8. The van der Waals surface area contributed by atoms with Gasteiger partial charge in [0, 0.05) is 19.5 Å². The number of allylic oxidation sites excluding steroid dienone is 1. The zero-order valence-electron chi connectivity index (χ0n) is 18.0. The fraction of sp³-hybridized carbons (Fsp3) is 0.350. The van der Waals surface area contributed by atoms with Crippen LogP contribution in [0.2, 0.25) is 5.02 Å². The third kappa shape index (κ3) is 5.28. The Morgan fingerprint density at radius 2 is 1.88 bits per heavy atom. The maximum atomic E-state index is 13.1. The minimum Gasteiger partial charge on any atom is -0.392 e. The van der Waals surface area contributed by atoms with Gasteiger partial charge >= 0.3 is 0 Å². The summed E-state index contributed by atoms with van der Waals surface area (Å²) in [5.74, 6) is 0.0379. The van der Waals surface area contributed by atoms with Crippen molar-refractivity contribution in [3.63, 3.8) is 0 Å². The van der Waals surface area contributed by atoms with Gasteiger partial charge in [0.2, 0.25) is 16.0 Å². The molecule has 3 heterocycles. The number of fused-ring (bicyclic) bond motifs is 1. The van der Waals surface area contributed by atoms with Crippen molar-refractivity contribution in [3.05, 3.63) is 53.2 Å². The number of aromatic nitrogens is 2. The van der Waals surface area contributed by atoms with Crippen LogP contribution in [0.4, 0.5) is 16.2 Å². The summed E-state index contributed by atoms with van der Waals surface area (Å²) in [6.45, 7) is 0.342. The van der Waals surface area contributed by atoms with E-state index in [9.17, 15) is 12.8 Å². The van der Waals surface area contributed by atoms with E-state index < -0.39 is 34.1 Å². The summed E-state index contributed by atoms with van der Waals surface area (Å²) in [4.78, 5) is 8.42. The number of halogens is 2. The normalized spacial score (nSPS) is 24.5. The van der Waals surface area contributed by atoms with E-state index in [1.165, 1.54) is 18.3 Å². The SMILES string of the molecule is CN/C=C(\C=N)Nc1ncc(Cl)c(NC2COC3C(NS(=O)(=O)c4ccc(F)cc4)COC23)n1. The molecule has 0 aliphatic carbocycles. The maximum absolute atomic E-state index is 13.1. The molecule has 0 bridgehead atoms. The second kappa shape index (κ2) is 10.2. The summed E-state index contributed by atoms with van der Waals surface area (Å²) in [5.41, 5.74) is 0.440. The van der Waals surface area contributed by atoms with E-state index in [1.807, 2.05) is 0 Å². The molecule has 4 atom stereocenters. The average molecular weight is 512 g/mol. The maximum Gasteiger partial charge on any atom is 0.240 e. The molecule has 1 aromatic carbocycles. The number of nitrogens with one attached hydrogen (secondary N) is 5. The predicted molar refractivity (Wildman–Crippen MR) is 124 cm³/mol. The number of anilines is 2. The molecule has 2 aliphatic heterocycles. The predicted octanol–water partition coefficient (Wildman–Crippen LogP) is 1.32. The third-order valence-electron chi connectivity index (χ3n) is 5.26. The fourth-order valence-electron chi connectivity index (χ4n) is 3.71. The van der Waals surface area contributed by atoms with Gasteiger partial charge in [0.25, 0.3) is 0 Å². The molecule has 5 N–H and O–H groups in total. The van der Waals surface area contributed by atoms with E-state index in [0.29, 0.717) is 11.5 Å². The highest BCUT2D eigenvalue weighted by atomic mass is 35.5. The fourth-order valence-corrected chi connectivity index (χ4v) is 5.08. The zero-order valence-corrected chi connectivity index (χ0v) is 19.5. The Kier molecular flexibility index (Phi) is 7.28.